The van der Waals surface area contributed by atoms with E-state index < -0.39 is 0 Å². The number of amides is 1. The lowest BCUT2D eigenvalue weighted by Crippen LogP contribution is -2.36. The summed E-state index contributed by atoms with van der Waals surface area (Å²) >= 11 is 0. The van der Waals surface area contributed by atoms with Crippen molar-refractivity contribution in [2.24, 2.45) is 4.99 Å². The minimum atomic E-state index is -0.257. The van der Waals surface area contributed by atoms with Crippen LogP contribution in [0.15, 0.2) is 76.3 Å². The van der Waals surface area contributed by atoms with Gasteiger partial charge in [-0.1, -0.05) is 24.3 Å². The van der Waals surface area contributed by atoms with Gasteiger partial charge in [-0.25, -0.2) is 9.38 Å². The molecule has 7 heteroatoms. The molecular formula is C23H25FN4O2. The molecular weight excluding hydrogens is 383 g/mol. The predicted octanol–water partition coefficient (Wildman–Crippen LogP) is 3.60. The van der Waals surface area contributed by atoms with Crippen LogP contribution in [0.1, 0.15) is 34.2 Å². The largest absolute Gasteiger partial charge is 0.467 e. The zero-order valence-corrected chi connectivity index (χ0v) is 16.8. The van der Waals surface area contributed by atoms with E-state index in [2.05, 4.69) is 20.9 Å². The Morgan fingerprint density at radius 2 is 1.80 bits per heavy atom. The maximum atomic E-state index is 13.0. The number of hydrogen-bond donors (Lipinski definition) is 3. The highest BCUT2D eigenvalue weighted by Crippen LogP contribution is 2.08. The number of nitrogens with zero attached hydrogens (tertiary/aromatic N) is 1. The van der Waals surface area contributed by atoms with E-state index in [4.69, 9.17) is 4.42 Å². The van der Waals surface area contributed by atoms with E-state index in [0.717, 1.165) is 11.1 Å². The highest BCUT2D eigenvalue weighted by Gasteiger charge is 2.07. The zero-order valence-electron chi connectivity index (χ0n) is 16.8. The molecule has 1 amide bonds. The number of carbonyl (C=O) groups is 1. The quantitative estimate of drug-likeness (QED) is 0.393. The minimum absolute atomic E-state index is 0.168. The van der Waals surface area contributed by atoms with Crippen molar-refractivity contribution in [3.05, 3.63) is 95.2 Å². The van der Waals surface area contributed by atoms with Crippen LogP contribution in [0.5, 0.6) is 0 Å². The molecule has 30 heavy (non-hydrogen) atoms. The molecule has 3 aromatic rings. The van der Waals surface area contributed by atoms with E-state index >= 15 is 0 Å². The molecule has 156 valence electrons. The minimum Gasteiger partial charge on any atom is -0.467 e. The van der Waals surface area contributed by atoms with Crippen molar-refractivity contribution in [2.75, 3.05) is 6.54 Å². The van der Waals surface area contributed by atoms with Gasteiger partial charge in [-0.3, -0.25) is 4.79 Å². The summed E-state index contributed by atoms with van der Waals surface area (Å²) in [4.78, 5) is 17.0. The monoisotopic (exact) mass is 408 g/mol. The van der Waals surface area contributed by atoms with Crippen molar-refractivity contribution in [1.82, 2.24) is 16.0 Å². The van der Waals surface area contributed by atoms with Gasteiger partial charge in [-0.05, 0) is 54.4 Å². The number of furan rings is 1. The average Bonchev–Trinajstić information content (AvgIpc) is 3.29. The molecule has 0 aliphatic heterocycles. The third kappa shape index (κ3) is 6.48. The first kappa shape index (κ1) is 21.1. The molecule has 0 spiro atoms. The summed E-state index contributed by atoms with van der Waals surface area (Å²) in [6.45, 7) is 3.98. The van der Waals surface area contributed by atoms with Gasteiger partial charge in [0.15, 0.2) is 5.96 Å². The molecule has 0 aliphatic carbocycles. The van der Waals surface area contributed by atoms with Crippen LogP contribution in [0.2, 0.25) is 0 Å². The second-order valence-electron chi connectivity index (χ2n) is 6.64. The number of benzene rings is 2. The molecule has 3 N–H and O–H groups in total. The van der Waals surface area contributed by atoms with Gasteiger partial charge in [0.25, 0.3) is 5.91 Å². The van der Waals surface area contributed by atoms with E-state index in [1.165, 1.54) is 12.1 Å². The summed E-state index contributed by atoms with van der Waals surface area (Å²) in [6.07, 6.45) is 1.58. The summed E-state index contributed by atoms with van der Waals surface area (Å²) in [5.41, 5.74) is 2.44. The van der Waals surface area contributed by atoms with Crippen molar-refractivity contribution < 1.29 is 13.6 Å². The van der Waals surface area contributed by atoms with Gasteiger partial charge in [0, 0.05) is 18.7 Å². The van der Waals surface area contributed by atoms with Crippen molar-refractivity contribution in [1.29, 1.82) is 0 Å². The number of rotatable bonds is 8. The molecule has 0 saturated heterocycles. The van der Waals surface area contributed by atoms with Crippen LogP contribution < -0.4 is 16.0 Å². The fraction of sp³-hybridized carbons (Fsp3) is 0.217. The van der Waals surface area contributed by atoms with E-state index in [-0.39, 0.29) is 11.7 Å². The van der Waals surface area contributed by atoms with E-state index in [0.29, 0.717) is 43.5 Å². The summed E-state index contributed by atoms with van der Waals surface area (Å²) < 4.78 is 18.3. The average molecular weight is 408 g/mol. The second-order valence-corrected chi connectivity index (χ2v) is 6.64. The van der Waals surface area contributed by atoms with Crippen LogP contribution in [-0.4, -0.2) is 18.4 Å². The first-order chi connectivity index (χ1) is 14.6. The van der Waals surface area contributed by atoms with Gasteiger partial charge in [0.2, 0.25) is 0 Å². The Morgan fingerprint density at radius 1 is 0.967 bits per heavy atom. The molecule has 3 rings (SSSR count). The van der Waals surface area contributed by atoms with Gasteiger partial charge < -0.3 is 20.4 Å². The van der Waals surface area contributed by atoms with Crippen molar-refractivity contribution in [3.63, 3.8) is 0 Å². The van der Waals surface area contributed by atoms with Crippen molar-refractivity contribution >= 4 is 11.9 Å². The third-order valence-electron chi connectivity index (χ3n) is 4.33. The standard InChI is InChI=1S/C23H25FN4O2/c1-2-25-23(27-14-17-8-10-20(24)11-9-17)28-15-18-5-3-6-19(13-18)22(29)26-16-21-7-4-12-30-21/h3-13H,2,14-16H2,1H3,(H,26,29)(H2,25,27,28). The summed E-state index contributed by atoms with van der Waals surface area (Å²) in [6, 6.07) is 17.3. The predicted molar refractivity (Wildman–Crippen MR) is 114 cm³/mol. The van der Waals surface area contributed by atoms with Crippen molar-refractivity contribution in [2.45, 2.75) is 26.6 Å². The first-order valence-electron chi connectivity index (χ1n) is 9.80. The highest BCUT2D eigenvalue weighted by molar-refractivity contribution is 5.94. The van der Waals surface area contributed by atoms with E-state index in [1.807, 2.05) is 31.2 Å². The number of halogens is 1. The van der Waals surface area contributed by atoms with Crippen LogP contribution in [-0.2, 0) is 19.6 Å². The number of guanidine groups is 1. The normalized spacial score (nSPS) is 11.2. The topological polar surface area (TPSA) is 78.7 Å². The molecule has 0 aliphatic rings. The Hall–Kier alpha value is -3.61. The Balaban J connectivity index is 1.58. The van der Waals surface area contributed by atoms with Crippen LogP contribution in [0.25, 0.3) is 0 Å². The lowest BCUT2D eigenvalue weighted by Gasteiger charge is -2.11. The molecule has 0 saturated carbocycles. The molecule has 0 unspecified atom stereocenters. The number of hydrogen-bond acceptors (Lipinski definition) is 3. The summed E-state index contributed by atoms with van der Waals surface area (Å²) in [7, 11) is 0. The number of nitrogens with one attached hydrogen (secondary N) is 3. The molecule has 1 aromatic heterocycles. The van der Waals surface area contributed by atoms with Gasteiger partial charge in [0.1, 0.15) is 11.6 Å². The molecule has 0 bridgehead atoms. The lowest BCUT2D eigenvalue weighted by molar-refractivity contribution is 0.0948. The number of aliphatic imine (C=N–C) groups is 1. The third-order valence-corrected chi connectivity index (χ3v) is 4.33. The molecule has 2 aromatic carbocycles. The Bertz CT molecular complexity index is 969. The van der Waals surface area contributed by atoms with Crippen LogP contribution in [0, 0.1) is 5.82 Å². The summed E-state index contributed by atoms with van der Waals surface area (Å²) in [5.74, 6) is 0.923. The number of carbonyl (C=O) groups excluding carboxylic acids is 1. The Morgan fingerprint density at radius 3 is 2.53 bits per heavy atom. The molecule has 6 nitrogen and oxygen atoms in total. The maximum absolute atomic E-state index is 13.0. The van der Waals surface area contributed by atoms with E-state index in [1.54, 1.807) is 30.5 Å². The lowest BCUT2D eigenvalue weighted by atomic mass is 10.1. The van der Waals surface area contributed by atoms with Gasteiger partial charge >= 0.3 is 0 Å². The molecule has 0 fully saturated rings. The summed E-state index contributed by atoms with van der Waals surface area (Å²) in [5, 5.41) is 9.25. The fourth-order valence-corrected chi connectivity index (χ4v) is 2.79. The maximum Gasteiger partial charge on any atom is 0.251 e. The van der Waals surface area contributed by atoms with Crippen LogP contribution in [0.4, 0.5) is 4.39 Å². The van der Waals surface area contributed by atoms with Gasteiger partial charge in [-0.15, -0.1) is 0 Å². The highest BCUT2D eigenvalue weighted by atomic mass is 19.1. The Kier molecular flexibility index (Phi) is 7.60. The molecule has 0 atom stereocenters. The first-order valence-corrected chi connectivity index (χ1v) is 9.80. The van der Waals surface area contributed by atoms with Gasteiger partial charge in [-0.2, -0.15) is 0 Å². The van der Waals surface area contributed by atoms with Crippen LogP contribution in [0.3, 0.4) is 0 Å². The SMILES string of the molecule is CCNC(=NCc1cccc(C(=O)NCc2ccco2)c1)NCc1ccc(F)cc1. The van der Waals surface area contributed by atoms with Gasteiger partial charge in [0.05, 0.1) is 19.4 Å². The smallest absolute Gasteiger partial charge is 0.251 e. The molecule has 1 heterocycles. The second kappa shape index (κ2) is 10.8. The van der Waals surface area contributed by atoms with E-state index in [9.17, 15) is 9.18 Å². The Labute approximate surface area is 175 Å². The zero-order chi connectivity index (χ0) is 21.2. The fourth-order valence-electron chi connectivity index (χ4n) is 2.79. The van der Waals surface area contributed by atoms with Crippen LogP contribution >= 0.6 is 0 Å². The van der Waals surface area contributed by atoms with Crippen molar-refractivity contribution in [3.8, 4) is 0 Å². The molecule has 0 radical (unpaired) electrons.